The molecule has 0 aromatic heterocycles. The van der Waals surface area contributed by atoms with Gasteiger partial charge in [0.2, 0.25) is 0 Å². The molecule has 1 saturated carbocycles. The molecule has 3 N–H and O–H groups in total. The molecule has 3 heteroatoms. The molecular formula is C12H22N2O. The summed E-state index contributed by atoms with van der Waals surface area (Å²) in [6.07, 6.45) is 3.43. The molecule has 1 unspecified atom stereocenters. The molecule has 0 bridgehead atoms. The fourth-order valence-corrected chi connectivity index (χ4v) is 2.00. The van der Waals surface area contributed by atoms with Crippen LogP contribution < -0.4 is 11.1 Å². The monoisotopic (exact) mass is 210 g/mol. The van der Waals surface area contributed by atoms with Gasteiger partial charge >= 0.3 is 0 Å². The molecule has 1 fully saturated rings. The van der Waals surface area contributed by atoms with Gasteiger partial charge in [-0.1, -0.05) is 0 Å². The second-order valence-corrected chi connectivity index (χ2v) is 4.17. The van der Waals surface area contributed by atoms with Crippen molar-refractivity contribution < 1.29 is 4.74 Å². The quantitative estimate of drug-likeness (QED) is 0.481. The van der Waals surface area contributed by atoms with E-state index < -0.39 is 0 Å². The summed E-state index contributed by atoms with van der Waals surface area (Å²) in [4.78, 5) is 0. The molecule has 1 aliphatic carbocycles. The summed E-state index contributed by atoms with van der Waals surface area (Å²) in [6, 6.07) is 0. The first-order valence-electron chi connectivity index (χ1n) is 5.62. The predicted octanol–water partition coefficient (Wildman–Crippen LogP) is 0.743. The van der Waals surface area contributed by atoms with Gasteiger partial charge in [0, 0.05) is 26.6 Å². The number of methoxy groups -OCH3 is 1. The zero-order valence-corrected chi connectivity index (χ0v) is 9.81. The summed E-state index contributed by atoms with van der Waals surface area (Å²) in [6.45, 7) is 4.11. The van der Waals surface area contributed by atoms with Gasteiger partial charge in [0.1, 0.15) is 0 Å². The maximum Gasteiger partial charge on any atom is 0.0659 e. The Morgan fingerprint density at radius 3 is 2.73 bits per heavy atom. The largest absolute Gasteiger partial charge is 0.383 e. The van der Waals surface area contributed by atoms with Crippen molar-refractivity contribution in [2.24, 2.45) is 11.7 Å². The molecule has 1 atom stereocenters. The van der Waals surface area contributed by atoms with E-state index in [1.54, 1.807) is 7.11 Å². The highest BCUT2D eigenvalue weighted by molar-refractivity contribution is 5.03. The standard InChI is InChI=1S/C12H22N2O/c1-3-4-5-8-14-12(9-13,10-15-2)11-6-7-11/h11,14H,5-10,13H2,1-2H3. The van der Waals surface area contributed by atoms with Crippen LogP contribution >= 0.6 is 0 Å². The molecule has 3 nitrogen and oxygen atoms in total. The Labute approximate surface area is 92.8 Å². The van der Waals surface area contributed by atoms with Crippen LogP contribution in [0, 0.1) is 17.8 Å². The average molecular weight is 210 g/mol. The van der Waals surface area contributed by atoms with Gasteiger partial charge in [-0.3, -0.25) is 0 Å². The summed E-state index contributed by atoms with van der Waals surface area (Å²) in [5.41, 5.74) is 5.86. The van der Waals surface area contributed by atoms with E-state index in [4.69, 9.17) is 10.5 Å². The molecule has 0 amide bonds. The minimum absolute atomic E-state index is 0.00975. The molecule has 1 rings (SSSR count). The summed E-state index contributed by atoms with van der Waals surface area (Å²) >= 11 is 0. The summed E-state index contributed by atoms with van der Waals surface area (Å²) in [5.74, 6) is 6.64. The molecule has 0 aliphatic heterocycles. The topological polar surface area (TPSA) is 47.3 Å². The third-order valence-corrected chi connectivity index (χ3v) is 3.03. The first kappa shape index (κ1) is 12.5. The van der Waals surface area contributed by atoms with Gasteiger partial charge in [0.15, 0.2) is 0 Å². The zero-order chi connectivity index (χ0) is 11.1. The minimum atomic E-state index is -0.00975. The molecule has 0 radical (unpaired) electrons. The van der Waals surface area contributed by atoms with Gasteiger partial charge in [-0.25, -0.2) is 0 Å². The summed E-state index contributed by atoms with van der Waals surface area (Å²) in [5, 5.41) is 3.53. The van der Waals surface area contributed by atoms with Gasteiger partial charge in [0.05, 0.1) is 12.1 Å². The van der Waals surface area contributed by atoms with Crippen molar-refractivity contribution in [2.75, 3.05) is 26.8 Å². The minimum Gasteiger partial charge on any atom is -0.383 e. The summed E-state index contributed by atoms with van der Waals surface area (Å²) < 4.78 is 5.28. The van der Waals surface area contributed by atoms with E-state index in [0.717, 1.165) is 13.0 Å². The number of nitrogens with two attached hydrogens (primary N) is 1. The van der Waals surface area contributed by atoms with Crippen LogP contribution in [0.5, 0.6) is 0 Å². The average Bonchev–Trinajstić information content (AvgIpc) is 3.07. The van der Waals surface area contributed by atoms with E-state index in [-0.39, 0.29) is 5.54 Å². The Morgan fingerprint density at radius 2 is 2.27 bits per heavy atom. The zero-order valence-electron chi connectivity index (χ0n) is 9.81. The van der Waals surface area contributed by atoms with Gasteiger partial charge in [-0.2, -0.15) is 0 Å². The molecule has 0 aromatic rings. The highest BCUT2D eigenvalue weighted by Gasteiger charge is 2.43. The van der Waals surface area contributed by atoms with E-state index in [9.17, 15) is 0 Å². The van der Waals surface area contributed by atoms with Crippen molar-refractivity contribution in [1.29, 1.82) is 0 Å². The van der Waals surface area contributed by atoms with Crippen molar-refractivity contribution in [3.8, 4) is 11.8 Å². The van der Waals surface area contributed by atoms with Gasteiger partial charge in [-0.15, -0.1) is 11.8 Å². The van der Waals surface area contributed by atoms with Crippen molar-refractivity contribution in [1.82, 2.24) is 5.32 Å². The SMILES string of the molecule is CC#CCCNC(CN)(COC)C1CC1. The lowest BCUT2D eigenvalue weighted by Gasteiger charge is -2.33. The molecule has 15 heavy (non-hydrogen) atoms. The Balaban J connectivity index is 2.42. The van der Waals surface area contributed by atoms with E-state index in [2.05, 4.69) is 17.2 Å². The Morgan fingerprint density at radius 1 is 1.53 bits per heavy atom. The Hall–Kier alpha value is -0.560. The van der Waals surface area contributed by atoms with Gasteiger partial charge in [-0.05, 0) is 25.7 Å². The molecule has 0 spiro atoms. The van der Waals surface area contributed by atoms with Crippen LogP contribution in [-0.4, -0.2) is 32.3 Å². The van der Waals surface area contributed by atoms with E-state index in [1.165, 1.54) is 12.8 Å². The van der Waals surface area contributed by atoms with Gasteiger partial charge in [0.25, 0.3) is 0 Å². The number of ether oxygens (including phenoxy) is 1. The van der Waals surface area contributed by atoms with Crippen molar-refractivity contribution in [3.63, 3.8) is 0 Å². The van der Waals surface area contributed by atoms with Crippen LogP contribution in [0.1, 0.15) is 26.2 Å². The number of hydrogen-bond acceptors (Lipinski definition) is 3. The van der Waals surface area contributed by atoms with Crippen LogP contribution in [0.3, 0.4) is 0 Å². The molecule has 0 heterocycles. The fourth-order valence-electron chi connectivity index (χ4n) is 2.00. The molecule has 0 saturated heterocycles. The first-order valence-corrected chi connectivity index (χ1v) is 5.62. The normalized spacial score (nSPS) is 19.1. The number of nitrogens with one attached hydrogen (secondary N) is 1. The lowest BCUT2D eigenvalue weighted by Crippen LogP contribution is -2.56. The smallest absolute Gasteiger partial charge is 0.0659 e. The maximum atomic E-state index is 5.87. The second-order valence-electron chi connectivity index (χ2n) is 4.17. The highest BCUT2D eigenvalue weighted by Crippen LogP contribution is 2.39. The lowest BCUT2D eigenvalue weighted by molar-refractivity contribution is 0.0994. The lowest BCUT2D eigenvalue weighted by atomic mass is 9.94. The van der Waals surface area contributed by atoms with Crippen LogP contribution in [0.4, 0.5) is 0 Å². The van der Waals surface area contributed by atoms with E-state index >= 15 is 0 Å². The van der Waals surface area contributed by atoms with Crippen molar-refractivity contribution in [2.45, 2.75) is 31.7 Å². The number of hydrogen-bond donors (Lipinski definition) is 2. The molecule has 1 aliphatic rings. The predicted molar refractivity (Wildman–Crippen MR) is 62.5 cm³/mol. The molecular weight excluding hydrogens is 188 g/mol. The van der Waals surface area contributed by atoms with Crippen LogP contribution in [0.25, 0.3) is 0 Å². The van der Waals surface area contributed by atoms with E-state index in [1.807, 2.05) is 6.92 Å². The Kier molecular flexibility index (Phi) is 5.10. The van der Waals surface area contributed by atoms with Crippen molar-refractivity contribution >= 4 is 0 Å². The van der Waals surface area contributed by atoms with Gasteiger partial charge < -0.3 is 15.8 Å². The third-order valence-electron chi connectivity index (χ3n) is 3.03. The molecule has 0 aromatic carbocycles. The second kappa shape index (κ2) is 6.12. The van der Waals surface area contributed by atoms with Crippen LogP contribution in [0.2, 0.25) is 0 Å². The summed E-state index contributed by atoms with van der Waals surface area (Å²) in [7, 11) is 1.74. The molecule has 86 valence electrons. The van der Waals surface area contributed by atoms with Crippen LogP contribution in [-0.2, 0) is 4.74 Å². The fraction of sp³-hybridized carbons (Fsp3) is 0.833. The highest BCUT2D eigenvalue weighted by atomic mass is 16.5. The third kappa shape index (κ3) is 3.49. The van der Waals surface area contributed by atoms with Crippen molar-refractivity contribution in [3.05, 3.63) is 0 Å². The number of rotatable bonds is 7. The van der Waals surface area contributed by atoms with Crippen LogP contribution in [0.15, 0.2) is 0 Å². The first-order chi connectivity index (χ1) is 7.29. The maximum absolute atomic E-state index is 5.87. The Bertz CT molecular complexity index is 240. The van der Waals surface area contributed by atoms with E-state index in [0.29, 0.717) is 19.1 Å².